The highest BCUT2D eigenvalue weighted by Gasteiger charge is 2.31. The second kappa shape index (κ2) is 6.99. The largest absolute Gasteiger partial charge is 0.384 e. The van der Waals surface area contributed by atoms with Crippen molar-refractivity contribution in [3.8, 4) is 0 Å². The molecule has 0 bridgehead atoms. The molecule has 0 amide bonds. The maximum Gasteiger partial charge on any atom is 0.126 e. The Kier molecular flexibility index (Phi) is 5.31. The van der Waals surface area contributed by atoms with Crippen molar-refractivity contribution in [2.24, 2.45) is 5.73 Å². The molecule has 4 nitrogen and oxygen atoms in total. The van der Waals surface area contributed by atoms with Gasteiger partial charge in [0.1, 0.15) is 5.84 Å². The number of ether oxygens (including phenoxy) is 1. The molecule has 1 fully saturated rings. The highest BCUT2D eigenvalue weighted by atomic mass is 32.2. The molecule has 20 heavy (non-hydrogen) atoms. The third-order valence-electron chi connectivity index (χ3n) is 3.41. The van der Waals surface area contributed by atoms with Crippen LogP contribution in [0.1, 0.15) is 25.3 Å². The summed E-state index contributed by atoms with van der Waals surface area (Å²) in [6.07, 6.45) is 2.43. The van der Waals surface area contributed by atoms with E-state index in [-0.39, 0.29) is 5.84 Å². The summed E-state index contributed by atoms with van der Waals surface area (Å²) >= 11 is 1.74. The molecule has 1 aliphatic carbocycles. The van der Waals surface area contributed by atoms with E-state index in [4.69, 9.17) is 15.9 Å². The van der Waals surface area contributed by atoms with E-state index >= 15 is 0 Å². The van der Waals surface area contributed by atoms with E-state index in [9.17, 15) is 0 Å². The number of rotatable bonds is 8. The first-order valence-corrected chi connectivity index (χ1v) is 8.03. The van der Waals surface area contributed by atoms with Crippen molar-refractivity contribution in [2.45, 2.75) is 30.7 Å². The van der Waals surface area contributed by atoms with Crippen molar-refractivity contribution in [3.05, 3.63) is 23.8 Å². The van der Waals surface area contributed by atoms with E-state index in [1.54, 1.807) is 18.9 Å². The lowest BCUT2D eigenvalue weighted by atomic mass is 10.1. The van der Waals surface area contributed by atoms with Crippen LogP contribution in [0.25, 0.3) is 0 Å². The molecular formula is C15H23N3OS. The van der Waals surface area contributed by atoms with Crippen LogP contribution < -0.4 is 10.6 Å². The fraction of sp³-hybridized carbons (Fsp3) is 0.533. The van der Waals surface area contributed by atoms with Crippen molar-refractivity contribution < 1.29 is 4.74 Å². The zero-order valence-electron chi connectivity index (χ0n) is 12.2. The Morgan fingerprint density at radius 1 is 1.50 bits per heavy atom. The molecule has 2 rings (SSSR count). The number of methoxy groups -OCH3 is 1. The van der Waals surface area contributed by atoms with Crippen molar-refractivity contribution in [1.29, 1.82) is 5.41 Å². The van der Waals surface area contributed by atoms with E-state index < -0.39 is 0 Å². The van der Waals surface area contributed by atoms with Crippen molar-refractivity contribution >= 4 is 23.3 Å². The lowest BCUT2D eigenvalue weighted by Crippen LogP contribution is -2.32. The Morgan fingerprint density at radius 2 is 2.25 bits per heavy atom. The van der Waals surface area contributed by atoms with Gasteiger partial charge in [-0.3, -0.25) is 5.41 Å². The minimum Gasteiger partial charge on any atom is -0.384 e. The first-order chi connectivity index (χ1) is 9.69. The molecule has 0 heterocycles. The molecule has 3 N–H and O–H groups in total. The van der Waals surface area contributed by atoms with Gasteiger partial charge in [0.25, 0.3) is 0 Å². The molecule has 0 spiro atoms. The average Bonchev–Trinajstić information content (AvgIpc) is 3.24. The summed E-state index contributed by atoms with van der Waals surface area (Å²) in [6.45, 7) is 3.66. The summed E-state index contributed by atoms with van der Waals surface area (Å²) in [7, 11) is 1.72. The van der Waals surface area contributed by atoms with Gasteiger partial charge in [-0.1, -0.05) is 13.0 Å². The summed E-state index contributed by atoms with van der Waals surface area (Å²) in [6, 6.07) is 6.76. The topological polar surface area (TPSA) is 62.3 Å². The average molecular weight is 293 g/mol. The van der Waals surface area contributed by atoms with Crippen LogP contribution >= 0.6 is 11.8 Å². The van der Waals surface area contributed by atoms with Crippen LogP contribution in [0.4, 0.5) is 5.69 Å². The Bertz CT molecular complexity index is 474. The number of thioether (sulfide) groups is 1. The molecule has 0 aromatic heterocycles. The second-order valence-corrected chi connectivity index (χ2v) is 6.22. The van der Waals surface area contributed by atoms with E-state index in [1.165, 1.54) is 12.8 Å². The van der Waals surface area contributed by atoms with Crippen LogP contribution in [-0.2, 0) is 4.74 Å². The monoisotopic (exact) mass is 293 g/mol. The normalized spacial score (nSPS) is 14.3. The van der Waals surface area contributed by atoms with Gasteiger partial charge < -0.3 is 15.4 Å². The number of anilines is 1. The van der Waals surface area contributed by atoms with Crippen molar-refractivity contribution in [3.63, 3.8) is 0 Å². The molecule has 0 saturated heterocycles. The number of nitrogens with zero attached hydrogens (tertiary/aromatic N) is 1. The fourth-order valence-corrected chi connectivity index (χ4v) is 3.23. The molecule has 5 heteroatoms. The van der Waals surface area contributed by atoms with Gasteiger partial charge in [-0.15, -0.1) is 11.8 Å². The van der Waals surface area contributed by atoms with Gasteiger partial charge >= 0.3 is 0 Å². The second-order valence-electron chi connectivity index (χ2n) is 4.91. The van der Waals surface area contributed by atoms with Crippen LogP contribution in [0.5, 0.6) is 0 Å². The highest BCUT2D eigenvalue weighted by Crippen LogP contribution is 2.36. The van der Waals surface area contributed by atoms with Crippen molar-refractivity contribution in [1.82, 2.24) is 0 Å². The summed E-state index contributed by atoms with van der Waals surface area (Å²) in [5.41, 5.74) is 7.80. The maximum absolute atomic E-state index is 7.93. The number of benzene rings is 1. The summed E-state index contributed by atoms with van der Waals surface area (Å²) in [4.78, 5) is 3.44. The van der Waals surface area contributed by atoms with Gasteiger partial charge in [-0.05, 0) is 30.7 Å². The predicted molar refractivity (Wildman–Crippen MR) is 86.1 cm³/mol. The molecule has 1 aliphatic rings. The summed E-state index contributed by atoms with van der Waals surface area (Å²) in [5.74, 6) is 1.13. The van der Waals surface area contributed by atoms with E-state index in [0.717, 1.165) is 28.4 Å². The third kappa shape index (κ3) is 3.46. The van der Waals surface area contributed by atoms with E-state index in [2.05, 4.69) is 30.0 Å². The smallest absolute Gasteiger partial charge is 0.126 e. The van der Waals surface area contributed by atoms with Gasteiger partial charge in [-0.2, -0.15) is 0 Å². The number of amidine groups is 1. The number of hydrogen-bond donors (Lipinski definition) is 2. The first kappa shape index (κ1) is 15.2. The van der Waals surface area contributed by atoms with Crippen LogP contribution in [0, 0.1) is 5.41 Å². The molecule has 0 atom stereocenters. The van der Waals surface area contributed by atoms with Gasteiger partial charge in [0, 0.05) is 30.3 Å². The fourth-order valence-electron chi connectivity index (χ4n) is 2.38. The number of nitrogens with two attached hydrogens (primary N) is 1. The van der Waals surface area contributed by atoms with Gasteiger partial charge in [0.15, 0.2) is 0 Å². The number of nitrogens with one attached hydrogen (secondary N) is 1. The Balaban J connectivity index is 2.36. The zero-order valence-corrected chi connectivity index (χ0v) is 13.0. The van der Waals surface area contributed by atoms with Crippen LogP contribution in [0.15, 0.2) is 23.1 Å². The minimum absolute atomic E-state index is 0.152. The molecular weight excluding hydrogens is 270 g/mol. The SMILES string of the molecule is CCSc1cccc(N(CCOC)C2CC2)c1C(=N)N. The molecule has 1 saturated carbocycles. The van der Waals surface area contributed by atoms with E-state index in [0.29, 0.717) is 12.6 Å². The number of hydrogen-bond acceptors (Lipinski definition) is 4. The van der Waals surface area contributed by atoms with Crippen LogP contribution in [0.2, 0.25) is 0 Å². The third-order valence-corrected chi connectivity index (χ3v) is 4.35. The minimum atomic E-state index is 0.152. The van der Waals surface area contributed by atoms with Gasteiger partial charge in [0.05, 0.1) is 12.2 Å². The van der Waals surface area contributed by atoms with Crippen LogP contribution in [-0.4, -0.2) is 37.9 Å². The summed E-state index contributed by atoms with van der Waals surface area (Å²) in [5, 5.41) is 7.93. The summed E-state index contributed by atoms with van der Waals surface area (Å²) < 4.78 is 5.22. The van der Waals surface area contributed by atoms with Crippen LogP contribution in [0.3, 0.4) is 0 Å². The van der Waals surface area contributed by atoms with Crippen molar-refractivity contribution in [2.75, 3.05) is 30.9 Å². The van der Waals surface area contributed by atoms with E-state index in [1.807, 2.05) is 0 Å². The molecule has 0 radical (unpaired) electrons. The Hall–Kier alpha value is -1.20. The number of nitrogen functional groups attached to an aromatic ring is 1. The lowest BCUT2D eigenvalue weighted by molar-refractivity contribution is 0.205. The maximum atomic E-state index is 7.93. The van der Waals surface area contributed by atoms with Gasteiger partial charge in [0.2, 0.25) is 0 Å². The molecule has 1 aromatic carbocycles. The highest BCUT2D eigenvalue weighted by molar-refractivity contribution is 7.99. The van der Waals surface area contributed by atoms with Gasteiger partial charge in [-0.25, -0.2) is 0 Å². The quantitative estimate of drug-likeness (QED) is 0.439. The molecule has 1 aromatic rings. The molecule has 0 aliphatic heterocycles. The molecule has 0 unspecified atom stereocenters. The Morgan fingerprint density at radius 3 is 2.80 bits per heavy atom. The molecule has 110 valence electrons. The predicted octanol–water partition coefficient (Wildman–Crippen LogP) is 2.70. The zero-order chi connectivity index (χ0) is 14.5. The first-order valence-electron chi connectivity index (χ1n) is 7.04. The Labute approximate surface area is 125 Å². The standard InChI is InChI=1S/C15H23N3OS/c1-3-20-13-6-4-5-12(14(13)15(16)17)18(9-10-19-2)11-7-8-11/h4-6,11H,3,7-10H2,1-2H3,(H3,16,17). The lowest BCUT2D eigenvalue weighted by Gasteiger charge is -2.27.